The largest absolute Gasteiger partial charge is 0.399 e. The van der Waals surface area contributed by atoms with E-state index in [-0.39, 0.29) is 5.78 Å². The molecule has 0 fully saturated rings. The minimum absolute atomic E-state index is 0.136. The number of carbonyl (C=O) groups excluding carboxylic acids is 1. The Morgan fingerprint density at radius 1 is 1.00 bits per heavy atom. The molecule has 0 aliphatic heterocycles. The number of carbonyl (C=O) groups is 1. The molecule has 0 radical (unpaired) electrons. The first kappa shape index (κ1) is 18.3. The molecule has 0 spiro atoms. The van der Waals surface area contributed by atoms with Gasteiger partial charge in [0.15, 0.2) is 12.1 Å². The maximum atomic E-state index is 13.4. The van der Waals surface area contributed by atoms with E-state index < -0.39 is 6.29 Å². The van der Waals surface area contributed by atoms with E-state index in [2.05, 4.69) is 11.1 Å². The molecule has 0 saturated carbocycles. The molecule has 2 aromatic carbocycles. The highest BCUT2D eigenvalue weighted by atomic mass is 16.6. The van der Waals surface area contributed by atoms with Crippen LogP contribution in [-0.4, -0.2) is 23.0 Å². The molecular weight excluding hydrogens is 352 g/mol. The molecule has 3 aromatic rings. The number of benzene rings is 2. The Bertz CT molecular complexity index is 1110. The lowest BCUT2D eigenvalue weighted by molar-refractivity contribution is -0.0771. The average Bonchev–Trinajstić information content (AvgIpc) is 2.90. The van der Waals surface area contributed by atoms with Gasteiger partial charge in [-0.1, -0.05) is 29.3 Å². The standard InChI is InChI=1S/C23H22N2O3/c1-11-7-12(2)9-14(8-11)19-18(23(27)28-4)13(3)25-21-16-6-5-15(24)10-17(16)22(26)20(19)21/h5-10,23,27H,24H2,1-4H3. The molecule has 1 aromatic heterocycles. The highest BCUT2D eigenvalue weighted by molar-refractivity contribution is 6.24. The lowest BCUT2D eigenvalue weighted by Gasteiger charge is -2.20. The van der Waals surface area contributed by atoms with Gasteiger partial charge in [0.25, 0.3) is 0 Å². The quantitative estimate of drug-likeness (QED) is 0.416. The summed E-state index contributed by atoms with van der Waals surface area (Å²) in [6.45, 7) is 5.84. The van der Waals surface area contributed by atoms with Crippen LogP contribution in [0.5, 0.6) is 0 Å². The summed E-state index contributed by atoms with van der Waals surface area (Å²) in [5.74, 6) is -0.136. The Hall–Kier alpha value is -3.02. The number of hydrogen-bond acceptors (Lipinski definition) is 5. The first-order chi connectivity index (χ1) is 13.3. The topological polar surface area (TPSA) is 85.4 Å². The summed E-state index contributed by atoms with van der Waals surface area (Å²) in [6, 6.07) is 11.4. The summed E-state index contributed by atoms with van der Waals surface area (Å²) in [5.41, 5.74) is 13.7. The predicted octanol–water partition coefficient (Wildman–Crippen LogP) is 4.10. The zero-order valence-electron chi connectivity index (χ0n) is 16.3. The van der Waals surface area contributed by atoms with Gasteiger partial charge in [-0.2, -0.15) is 0 Å². The van der Waals surface area contributed by atoms with Crippen LogP contribution in [0.25, 0.3) is 22.4 Å². The number of nitrogens with zero attached hydrogens (tertiary/aromatic N) is 1. The fraction of sp³-hybridized carbons (Fsp3) is 0.217. The Morgan fingerprint density at radius 2 is 1.68 bits per heavy atom. The second kappa shape index (κ2) is 6.55. The highest BCUT2D eigenvalue weighted by Crippen LogP contribution is 2.45. The molecule has 0 saturated heterocycles. The summed E-state index contributed by atoms with van der Waals surface area (Å²) in [6.07, 6.45) is -1.18. The van der Waals surface area contributed by atoms with Gasteiger partial charge in [0, 0.05) is 40.7 Å². The molecule has 1 aliphatic rings. The third-order valence-electron chi connectivity index (χ3n) is 5.18. The molecule has 28 heavy (non-hydrogen) atoms. The zero-order valence-corrected chi connectivity index (χ0v) is 16.3. The van der Waals surface area contributed by atoms with Crippen molar-refractivity contribution in [2.75, 3.05) is 12.8 Å². The number of aliphatic hydroxyl groups excluding tert-OH is 1. The molecule has 5 nitrogen and oxygen atoms in total. The second-order valence-corrected chi connectivity index (χ2v) is 7.31. The minimum atomic E-state index is -1.18. The van der Waals surface area contributed by atoms with Crippen molar-refractivity contribution in [1.82, 2.24) is 4.98 Å². The number of ether oxygens (including phenoxy) is 1. The molecule has 4 rings (SSSR count). The van der Waals surface area contributed by atoms with Crippen LogP contribution in [0.2, 0.25) is 0 Å². The Labute approximate surface area is 163 Å². The molecule has 0 bridgehead atoms. The van der Waals surface area contributed by atoms with Crippen LogP contribution in [0.1, 0.15) is 44.6 Å². The zero-order chi connectivity index (χ0) is 20.2. The van der Waals surface area contributed by atoms with Crippen molar-refractivity contribution in [2.45, 2.75) is 27.1 Å². The number of anilines is 1. The number of hydrogen-bond donors (Lipinski definition) is 2. The number of aromatic nitrogens is 1. The number of aryl methyl sites for hydroxylation is 3. The van der Waals surface area contributed by atoms with Gasteiger partial charge in [-0.05, 0) is 44.5 Å². The Morgan fingerprint density at radius 3 is 2.32 bits per heavy atom. The van der Waals surface area contributed by atoms with E-state index in [9.17, 15) is 9.90 Å². The molecule has 142 valence electrons. The van der Waals surface area contributed by atoms with Gasteiger partial charge in [0.05, 0.1) is 11.3 Å². The summed E-state index contributed by atoms with van der Waals surface area (Å²) >= 11 is 0. The van der Waals surface area contributed by atoms with Crippen molar-refractivity contribution < 1.29 is 14.6 Å². The van der Waals surface area contributed by atoms with Gasteiger partial charge in [-0.15, -0.1) is 0 Å². The van der Waals surface area contributed by atoms with Gasteiger partial charge in [0.2, 0.25) is 0 Å². The van der Waals surface area contributed by atoms with Crippen LogP contribution >= 0.6 is 0 Å². The fourth-order valence-corrected chi connectivity index (χ4v) is 4.06. The number of nitrogen functional groups attached to an aromatic ring is 1. The van der Waals surface area contributed by atoms with E-state index in [1.165, 1.54) is 7.11 Å². The second-order valence-electron chi connectivity index (χ2n) is 7.31. The summed E-state index contributed by atoms with van der Waals surface area (Å²) in [4.78, 5) is 18.0. The number of aliphatic hydroxyl groups is 1. The Balaban J connectivity index is 2.12. The smallest absolute Gasteiger partial charge is 0.196 e. The first-order valence-electron chi connectivity index (χ1n) is 9.10. The lowest BCUT2D eigenvalue weighted by Crippen LogP contribution is -2.11. The SMILES string of the molecule is COC(O)c1c(C)nc2c(c1-c1cc(C)cc(C)c1)C(=O)c1cc(N)ccc1-2. The van der Waals surface area contributed by atoms with E-state index >= 15 is 0 Å². The van der Waals surface area contributed by atoms with Crippen LogP contribution in [0, 0.1) is 20.8 Å². The minimum Gasteiger partial charge on any atom is -0.399 e. The summed E-state index contributed by atoms with van der Waals surface area (Å²) in [7, 11) is 1.43. The van der Waals surface area contributed by atoms with Crippen LogP contribution in [-0.2, 0) is 4.74 Å². The summed E-state index contributed by atoms with van der Waals surface area (Å²) < 4.78 is 5.22. The molecule has 3 N–H and O–H groups in total. The van der Waals surface area contributed by atoms with Crippen LogP contribution < -0.4 is 5.73 Å². The molecule has 1 atom stereocenters. The third kappa shape index (κ3) is 2.71. The van der Waals surface area contributed by atoms with Gasteiger partial charge >= 0.3 is 0 Å². The maximum Gasteiger partial charge on any atom is 0.196 e. The van der Waals surface area contributed by atoms with Crippen molar-refractivity contribution in [3.63, 3.8) is 0 Å². The van der Waals surface area contributed by atoms with Gasteiger partial charge in [-0.25, -0.2) is 0 Å². The normalized spacial score (nSPS) is 13.4. The van der Waals surface area contributed by atoms with Crippen molar-refractivity contribution in [1.29, 1.82) is 0 Å². The fourth-order valence-electron chi connectivity index (χ4n) is 4.06. The molecule has 1 heterocycles. The molecule has 1 unspecified atom stereocenters. The molecule has 0 amide bonds. The number of ketones is 1. The predicted molar refractivity (Wildman–Crippen MR) is 109 cm³/mol. The van der Waals surface area contributed by atoms with Crippen molar-refractivity contribution >= 4 is 11.5 Å². The maximum absolute atomic E-state index is 13.4. The monoisotopic (exact) mass is 374 g/mol. The number of pyridine rings is 1. The Kier molecular flexibility index (Phi) is 4.29. The lowest BCUT2D eigenvalue weighted by atomic mass is 9.90. The van der Waals surface area contributed by atoms with Gasteiger partial charge in [-0.3, -0.25) is 9.78 Å². The van der Waals surface area contributed by atoms with Crippen molar-refractivity contribution in [3.8, 4) is 22.4 Å². The number of methoxy groups -OCH3 is 1. The number of nitrogens with two attached hydrogens (primary N) is 1. The van der Waals surface area contributed by atoms with E-state index in [1.54, 1.807) is 12.1 Å². The third-order valence-corrected chi connectivity index (χ3v) is 5.18. The van der Waals surface area contributed by atoms with E-state index in [4.69, 9.17) is 10.5 Å². The van der Waals surface area contributed by atoms with Gasteiger partial charge in [0.1, 0.15) is 0 Å². The molecular formula is C23H22N2O3. The van der Waals surface area contributed by atoms with Crippen molar-refractivity contribution in [3.05, 3.63) is 69.9 Å². The first-order valence-corrected chi connectivity index (χ1v) is 9.10. The molecule has 1 aliphatic carbocycles. The van der Waals surface area contributed by atoms with E-state index in [0.29, 0.717) is 39.3 Å². The van der Waals surface area contributed by atoms with Crippen LogP contribution in [0.15, 0.2) is 36.4 Å². The number of rotatable bonds is 3. The van der Waals surface area contributed by atoms with Gasteiger partial charge < -0.3 is 15.6 Å². The average molecular weight is 374 g/mol. The molecule has 5 heteroatoms. The number of fused-ring (bicyclic) bond motifs is 3. The van der Waals surface area contributed by atoms with Crippen LogP contribution in [0.3, 0.4) is 0 Å². The van der Waals surface area contributed by atoms with Crippen LogP contribution in [0.4, 0.5) is 5.69 Å². The van der Waals surface area contributed by atoms with E-state index in [1.807, 2.05) is 39.0 Å². The van der Waals surface area contributed by atoms with E-state index in [0.717, 1.165) is 22.3 Å². The summed E-state index contributed by atoms with van der Waals surface area (Å²) in [5, 5.41) is 10.6. The van der Waals surface area contributed by atoms with Crippen molar-refractivity contribution in [2.24, 2.45) is 0 Å². The highest BCUT2D eigenvalue weighted by Gasteiger charge is 2.35.